The summed E-state index contributed by atoms with van der Waals surface area (Å²) in [5.74, 6) is 0. The van der Waals surface area contributed by atoms with Gasteiger partial charge in [-0.3, -0.25) is 4.68 Å². The molecule has 0 aliphatic carbocycles. The quantitative estimate of drug-likeness (QED) is 0.868. The molecule has 0 saturated carbocycles. The predicted molar refractivity (Wildman–Crippen MR) is 87.2 cm³/mol. The monoisotopic (exact) mass is 355 g/mol. The predicted octanol–water partition coefficient (Wildman–Crippen LogP) is 4.23. The van der Waals surface area contributed by atoms with Gasteiger partial charge in [0.15, 0.2) is 0 Å². The topological polar surface area (TPSA) is 29.9 Å². The third kappa shape index (κ3) is 3.25. The molecule has 108 valence electrons. The van der Waals surface area contributed by atoms with Gasteiger partial charge in [-0.2, -0.15) is 5.10 Å². The van der Waals surface area contributed by atoms with E-state index in [0.29, 0.717) is 5.02 Å². The van der Waals surface area contributed by atoms with Crippen LogP contribution >= 0.6 is 27.5 Å². The van der Waals surface area contributed by atoms with Crippen molar-refractivity contribution in [1.82, 2.24) is 15.1 Å². The van der Waals surface area contributed by atoms with Gasteiger partial charge in [0, 0.05) is 11.5 Å². The second-order valence-corrected chi connectivity index (χ2v) is 6.17. The van der Waals surface area contributed by atoms with Crippen molar-refractivity contribution < 1.29 is 0 Å². The van der Waals surface area contributed by atoms with Gasteiger partial charge in [-0.25, -0.2) is 0 Å². The van der Waals surface area contributed by atoms with Gasteiger partial charge in [-0.1, -0.05) is 52.2 Å². The summed E-state index contributed by atoms with van der Waals surface area (Å²) in [6.07, 6.45) is 2.76. The molecule has 1 aromatic heterocycles. The Balaban J connectivity index is 2.50. The van der Waals surface area contributed by atoms with Crippen LogP contribution in [0.2, 0.25) is 5.02 Å². The highest BCUT2D eigenvalue weighted by molar-refractivity contribution is 9.10. The first-order valence-corrected chi connectivity index (χ1v) is 7.88. The zero-order chi connectivity index (χ0) is 14.7. The minimum Gasteiger partial charge on any atom is -0.305 e. The van der Waals surface area contributed by atoms with Crippen molar-refractivity contribution in [3.05, 3.63) is 50.7 Å². The van der Waals surface area contributed by atoms with Crippen molar-refractivity contribution in [2.75, 3.05) is 6.54 Å². The number of rotatable bonds is 5. The molecule has 20 heavy (non-hydrogen) atoms. The first kappa shape index (κ1) is 15.5. The van der Waals surface area contributed by atoms with Crippen molar-refractivity contribution in [1.29, 1.82) is 0 Å². The summed E-state index contributed by atoms with van der Waals surface area (Å²) in [4.78, 5) is 0. The van der Waals surface area contributed by atoms with E-state index in [9.17, 15) is 0 Å². The van der Waals surface area contributed by atoms with Crippen LogP contribution in [-0.4, -0.2) is 16.3 Å². The van der Waals surface area contributed by atoms with Crippen LogP contribution in [-0.2, 0) is 7.05 Å². The lowest BCUT2D eigenvalue weighted by atomic mass is 10.0. The van der Waals surface area contributed by atoms with Gasteiger partial charge in [-0.15, -0.1) is 0 Å². The molecule has 3 nitrogen and oxygen atoms in total. The molecule has 0 aliphatic rings. The number of halogens is 2. The molecule has 1 atom stereocenters. The highest BCUT2D eigenvalue weighted by Gasteiger charge is 2.22. The molecule has 0 amide bonds. The molecule has 0 spiro atoms. The first-order chi connectivity index (χ1) is 9.54. The van der Waals surface area contributed by atoms with E-state index in [1.165, 1.54) is 11.1 Å². The third-order valence-electron chi connectivity index (χ3n) is 3.27. The van der Waals surface area contributed by atoms with Gasteiger partial charge in [0.2, 0.25) is 0 Å². The van der Waals surface area contributed by atoms with E-state index in [1.54, 1.807) is 6.20 Å². The van der Waals surface area contributed by atoms with Gasteiger partial charge in [0.1, 0.15) is 0 Å². The van der Waals surface area contributed by atoms with Crippen LogP contribution in [0.1, 0.15) is 36.2 Å². The largest absolute Gasteiger partial charge is 0.305 e. The number of nitrogens with one attached hydrogen (secondary N) is 1. The SMILES string of the molecule is CCCNC(c1cc(C)ccc1Br)c1c(Cl)cnn1C. The summed E-state index contributed by atoms with van der Waals surface area (Å²) in [6, 6.07) is 6.38. The van der Waals surface area contributed by atoms with Crippen molar-refractivity contribution in [3.63, 3.8) is 0 Å². The lowest BCUT2D eigenvalue weighted by Gasteiger charge is -2.21. The second kappa shape index (κ2) is 6.74. The number of aryl methyl sites for hydroxylation is 2. The van der Waals surface area contributed by atoms with Crippen LogP contribution in [0.25, 0.3) is 0 Å². The normalized spacial score (nSPS) is 12.7. The molecule has 1 unspecified atom stereocenters. The highest BCUT2D eigenvalue weighted by atomic mass is 79.9. The Bertz CT molecular complexity index is 575. The van der Waals surface area contributed by atoms with Crippen molar-refractivity contribution in [3.8, 4) is 0 Å². The van der Waals surface area contributed by atoms with Gasteiger partial charge < -0.3 is 5.32 Å². The van der Waals surface area contributed by atoms with Crippen molar-refractivity contribution >= 4 is 27.5 Å². The molecular formula is C15H19BrClN3. The van der Waals surface area contributed by atoms with E-state index in [4.69, 9.17) is 11.6 Å². The number of aromatic nitrogens is 2. The molecule has 2 rings (SSSR count). The summed E-state index contributed by atoms with van der Waals surface area (Å²) in [5, 5.41) is 8.50. The van der Waals surface area contributed by atoms with E-state index in [1.807, 2.05) is 11.7 Å². The smallest absolute Gasteiger partial charge is 0.0837 e. The van der Waals surface area contributed by atoms with Gasteiger partial charge >= 0.3 is 0 Å². The average Bonchev–Trinajstić information content (AvgIpc) is 2.74. The molecule has 1 N–H and O–H groups in total. The van der Waals surface area contributed by atoms with Crippen LogP contribution in [0.15, 0.2) is 28.9 Å². The van der Waals surface area contributed by atoms with E-state index in [-0.39, 0.29) is 6.04 Å². The van der Waals surface area contributed by atoms with Crippen LogP contribution < -0.4 is 5.32 Å². The zero-order valence-electron chi connectivity index (χ0n) is 12.0. The Morgan fingerprint density at radius 1 is 1.45 bits per heavy atom. The van der Waals surface area contributed by atoms with Crippen LogP contribution in [0.3, 0.4) is 0 Å². The molecule has 0 aliphatic heterocycles. The maximum absolute atomic E-state index is 6.32. The Kier molecular flexibility index (Phi) is 5.24. The summed E-state index contributed by atoms with van der Waals surface area (Å²) in [6.45, 7) is 5.17. The molecule has 0 radical (unpaired) electrons. The Hall–Kier alpha value is -0.840. The third-order valence-corrected chi connectivity index (χ3v) is 4.29. The summed E-state index contributed by atoms with van der Waals surface area (Å²) in [7, 11) is 1.92. The molecule has 5 heteroatoms. The molecule has 0 saturated heterocycles. The number of benzene rings is 1. The molecule has 1 heterocycles. The average molecular weight is 357 g/mol. The number of hydrogen-bond acceptors (Lipinski definition) is 2. The maximum Gasteiger partial charge on any atom is 0.0837 e. The standard InChI is InChI=1S/C15H19BrClN3/c1-4-7-18-14(15-13(17)9-19-20(15)3)11-8-10(2)5-6-12(11)16/h5-6,8-9,14,18H,4,7H2,1-3H3. The van der Waals surface area contributed by atoms with Crippen molar-refractivity contribution in [2.24, 2.45) is 7.05 Å². The van der Waals surface area contributed by atoms with Crippen LogP contribution in [0.5, 0.6) is 0 Å². The fourth-order valence-corrected chi connectivity index (χ4v) is 3.02. The minimum absolute atomic E-state index is 0.0317. The molecule has 0 bridgehead atoms. The Morgan fingerprint density at radius 2 is 2.20 bits per heavy atom. The molecule has 1 aromatic carbocycles. The summed E-state index contributed by atoms with van der Waals surface area (Å²) < 4.78 is 2.92. The Morgan fingerprint density at radius 3 is 2.80 bits per heavy atom. The van der Waals surface area contributed by atoms with E-state index < -0.39 is 0 Å². The molecule has 0 fully saturated rings. The summed E-state index contributed by atoms with van der Waals surface area (Å²) in [5.41, 5.74) is 3.40. The van der Waals surface area contributed by atoms with Gasteiger partial charge in [0.25, 0.3) is 0 Å². The zero-order valence-corrected chi connectivity index (χ0v) is 14.3. The molecular weight excluding hydrogens is 338 g/mol. The lowest BCUT2D eigenvalue weighted by molar-refractivity contribution is 0.552. The lowest BCUT2D eigenvalue weighted by Crippen LogP contribution is -2.26. The fourth-order valence-electron chi connectivity index (χ4n) is 2.27. The summed E-state index contributed by atoms with van der Waals surface area (Å²) >= 11 is 9.97. The minimum atomic E-state index is 0.0317. The maximum atomic E-state index is 6.32. The van der Waals surface area contributed by atoms with E-state index >= 15 is 0 Å². The highest BCUT2D eigenvalue weighted by Crippen LogP contribution is 2.32. The second-order valence-electron chi connectivity index (χ2n) is 4.91. The Labute approximate surface area is 133 Å². The molecule has 2 aromatic rings. The first-order valence-electron chi connectivity index (χ1n) is 6.71. The number of nitrogens with zero attached hydrogens (tertiary/aromatic N) is 2. The number of hydrogen-bond donors (Lipinski definition) is 1. The fraction of sp³-hybridized carbons (Fsp3) is 0.400. The van der Waals surface area contributed by atoms with E-state index in [0.717, 1.165) is 23.1 Å². The van der Waals surface area contributed by atoms with Crippen LogP contribution in [0.4, 0.5) is 0 Å². The van der Waals surface area contributed by atoms with E-state index in [2.05, 4.69) is 58.4 Å². The van der Waals surface area contributed by atoms with Gasteiger partial charge in [-0.05, 0) is 31.5 Å². The van der Waals surface area contributed by atoms with Gasteiger partial charge in [0.05, 0.1) is 23.0 Å². The van der Waals surface area contributed by atoms with Crippen LogP contribution in [0, 0.1) is 6.92 Å². The van der Waals surface area contributed by atoms with Crippen molar-refractivity contribution in [2.45, 2.75) is 26.3 Å².